The highest BCUT2D eigenvalue weighted by Gasteiger charge is 2.22. The summed E-state index contributed by atoms with van der Waals surface area (Å²) in [6.07, 6.45) is 1.65. The molecule has 27 heavy (non-hydrogen) atoms. The molecular formula is C17H17N7O3. The number of rotatable bonds is 5. The van der Waals surface area contributed by atoms with Crippen LogP contribution in [-0.4, -0.2) is 53.4 Å². The molecule has 0 unspecified atom stereocenters. The monoisotopic (exact) mass is 367 g/mol. The molecule has 0 atom stereocenters. The Labute approximate surface area is 153 Å². The molecule has 0 aliphatic heterocycles. The fourth-order valence-corrected chi connectivity index (χ4v) is 2.93. The Bertz CT molecular complexity index is 1130. The van der Waals surface area contributed by atoms with Gasteiger partial charge in [-0.15, -0.1) is 5.10 Å². The average Bonchev–Trinajstić information content (AvgIpc) is 3.26. The van der Waals surface area contributed by atoms with Crippen molar-refractivity contribution in [3.8, 4) is 11.5 Å². The van der Waals surface area contributed by atoms with E-state index in [1.165, 1.54) is 4.52 Å². The SMILES string of the molecule is CCOC(=O)c1cc2c(nc(N)n3nc(-c4ccccn4)nc23)n1CCO. The predicted molar refractivity (Wildman–Crippen MR) is 97.0 cm³/mol. The van der Waals surface area contributed by atoms with Gasteiger partial charge in [0, 0.05) is 12.7 Å². The second-order valence-corrected chi connectivity index (χ2v) is 5.72. The Morgan fingerprint density at radius 1 is 1.30 bits per heavy atom. The number of pyridine rings is 1. The topological polar surface area (TPSA) is 133 Å². The smallest absolute Gasteiger partial charge is 0.355 e. The number of aromatic nitrogens is 6. The summed E-state index contributed by atoms with van der Waals surface area (Å²) in [5, 5.41) is 14.4. The van der Waals surface area contributed by atoms with Gasteiger partial charge >= 0.3 is 5.97 Å². The number of hydrogen-bond donors (Lipinski definition) is 2. The first-order valence-electron chi connectivity index (χ1n) is 8.39. The van der Waals surface area contributed by atoms with Gasteiger partial charge in [-0.1, -0.05) is 6.07 Å². The minimum absolute atomic E-state index is 0.111. The molecule has 0 bridgehead atoms. The van der Waals surface area contributed by atoms with Crippen LogP contribution in [0, 0.1) is 0 Å². The Morgan fingerprint density at radius 2 is 2.15 bits per heavy atom. The van der Waals surface area contributed by atoms with E-state index in [0.29, 0.717) is 28.2 Å². The highest BCUT2D eigenvalue weighted by atomic mass is 16.5. The van der Waals surface area contributed by atoms with Gasteiger partial charge in [0.25, 0.3) is 0 Å². The van der Waals surface area contributed by atoms with Crippen LogP contribution in [0.4, 0.5) is 5.95 Å². The molecule has 4 rings (SSSR count). The lowest BCUT2D eigenvalue weighted by molar-refractivity contribution is 0.0513. The van der Waals surface area contributed by atoms with Crippen LogP contribution in [0.1, 0.15) is 17.4 Å². The maximum absolute atomic E-state index is 12.3. The molecule has 138 valence electrons. The van der Waals surface area contributed by atoms with E-state index in [1.54, 1.807) is 35.9 Å². The van der Waals surface area contributed by atoms with Crippen LogP contribution >= 0.6 is 0 Å². The fraction of sp³-hybridized carbons (Fsp3) is 0.235. The van der Waals surface area contributed by atoms with Crippen LogP contribution < -0.4 is 5.73 Å². The van der Waals surface area contributed by atoms with Gasteiger partial charge < -0.3 is 20.1 Å². The first-order valence-corrected chi connectivity index (χ1v) is 8.39. The number of fused-ring (bicyclic) bond motifs is 3. The van der Waals surface area contributed by atoms with Crippen molar-refractivity contribution in [2.75, 3.05) is 18.9 Å². The zero-order chi connectivity index (χ0) is 19.0. The normalized spacial score (nSPS) is 11.3. The largest absolute Gasteiger partial charge is 0.461 e. The molecule has 0 spiro atoms. The van der Waals surface area contributed by atoms with Gasteiger partial charge in [0.1, 0.15) is 17.0 Å². The number of nitrogens with zero attached hydrogens (tertiary/aromatic N) is 6. The number of ether oxygens (including phenoxy) is 1. The summed E-state index contributed by atoms with van der Waals surface area (Å²) < 4.78 is 8.08. The summed E-state index contributed by atoms with van der Waals surface area (Å²) in [5.74, 6) is -0.00536. The minimum Gasteiger partial charge on any atom is -0.461 e. The number of nitrogens with two attached hydrogens (primary N) is 1. The molecule has 10 nitrogen and oxygen atoms in total. The highest BCUT2D eigenvalue weighted by Crippen LogP contribution is 2.26. The number of aliphatic hydroxyl groups is 1. The Morgan fingerprint density at radius 3 is 2.85 bits per heavy atom. The first kappa shape index (κ1) is 16.9. The van der Waals surface area contributed by atoms with E-state index < -0.39 is 5.97 Å². The number of nitrogen functional groups attached to an aromatic ring is 1. The molecule has 3 N–H and O–H groups in total. The number of esters is 1. The standard InChI is InChI=1S/C17H17N7O3/c1-2-27-16(26)12-9-10-14(23(12)7-8-25)21-17(18)24-15(10)20-13(22-24)11-5-3-4-6-19-11/h3-6,9,25H,2,7-8H2,1H3,(H2,18,21). The zero-order valence-corrected chi connectivity index (χ0v) is 14.5. The highest BCUT2D eigenvalue weighted by molar-refractivity contribution is 6.00. The number of carbonyl (C=O) groups is 1. The van der Waals surface area contributed by atoms with Crippen LogP contribution in [0.3, 0.4) is 0 Å². The van der Waals surface area contributed by atoms with Crippen molar-refractivity contribution >= 4 is 28.6 Å². The van der Waals surface area contributed by atoms with Gasteiger partial charge in [-0.2, -0.15) is 9.50 Å². The lowest BCUT2D eigenvalue weighted by Gasteiger charge is -2.08. The van der Waals surface area contributed by atoms with E-state index in [4.69, 9.17) is 10.5 Å². The second kappa shape index (κ2) is 6.65. The quantitative estimate of drug-likeness (QED) is 0.497. The van der Waals surface area contributed by atoms with Crippen molar-refractivity contribution < 1.29 is 14.6 Å². The first-order chi connectivity index (χ1) is 13.1. The maximum atomic E-state index is 12.3. The van der Waals surface area contributed by atoms with Gasteiger partial charge in [-0.05, 0) is 25.1 Å². The summed E-state index contributed by atoms with van der Waals surface area (Å²) in [6, 6.07) is 7.05. The second-order valence-electron chi connectivity index (χ2n) is 5.72. The third-order valence-electron chi connectivity index (χ3n) is 4.06. The molecule has 0 aliphatic rings. The number of aliphatic hydroxyl groups excluding tert-OH is 1. The molecule has 4 aromatic heterocycles. The summed E-state index contributed by atoms with van der Waals surface area (Å²) >= 11 is 0. The number of carbonyl (C=O) groups excluding carboxylic acids is 1. The maximum Gasteiger partial charge on any atom is 0.355 e. The molecule has 4 aromatic rings. The van der Waals surface area contributed by atoms with Crippen molar-refractivity contribution in [2.24, 2.45) is 0 Å². The van der Waals surface area contributed by atoms with Gasteiger partial charge in [-0.25, -0.2) is 9.78 Å². The van der Waals surface area contributed by atoms with E-state index in [2.05, 4.69) is 20.1 Å². The van der Waals surface area contributed by atoms with E-state index in [-0.39, 0.29) is 31.4 Å². The van der Waals surface area contributed by atoms with Crippen molar-refractivity contribution in [1.29, 1.82) is 0 Å². The van der Waals surface area contributed by atoms with Gasteiger partial charge in [0.2, 0.25) is 11.8 Å². The van der Waals surface area contributed by atoms with Crippen molar-refractivity contribution in [1.82, 2.24) is 29.1 Å². The molecule has 4 heterocycles. The molecule has 0 radical (unpaired) electrons. The van der Waals surface area contributed by atoms with Crippen molar-refractivity contribution in [2.45, 2.75) is 13.5 Å². The Kier molecular flexibility index (Phi) is 4.16. The number of hydrogen-bond acceptors (Lipinski definition) is 8. The molecule has 0 fully saturated rings. The van der Waals surface area contributed by atoms with E-state index >= 15 is 0 Å². The van der Waals surface area contributed by atoms with Crippen molar-refractivity contribution in [3.63, 3.8) is 0 Å². The van der Waals surface area contributed by atoms with E-state index in [1.807, 2.05) is 6.07 Å². The van der Waals surface area contributed by atoms with E-state index in [9.17, 15) is 9.90 Å². The van der Waals surface area contributed by atoms with Gasteiger partial charge in [-0.3, -0.25) is 4.98 Å². The Hall–Kier alpha value is -3.53. The third kappa shape index (κ3) is 2.75. The van der Waals surface area contributed by atoms with Gasteiger partial charge in [0.15, 0.2) is 5.65 Å². The summed E-state index contributed by atoms with van der Waals surface area (Å²) in [7, 11) is 0. The van der Waals surface area contributed by atoms with Crippen LogP contribution in [0.5, 0.6) is 0 Å². The molecule has 0 amide bonds. The molecule has 0 saturated carbocycles. The lowest BCUT2D eigenvalue weighted by atomic mass is 10.3. The molecule has 0 aromatic carbocycles. The lowest BCUT2D eigenvalue weighted by Crippen LogP contribution is -2.14. The van der Waals surface area contributed by atoms with Crippen LogP contribution in [0.2, 0.25) is 0 Å². The molecule has 0 aliphatic carbocycles. The van der Waals surface area contributed by atoms with Crippen LogP contribution in [0.15, 0.2) is 30.5 Å². The minimum atomic E-state index is -0.509. The van der Waals surface area contributed by atoms with Crippen LogP contribution in [-0.2, 0) is 11.3 Å². The molecular weight excluding hydrogens is 350 g/mol. The number of anilines is 1. The predicted octanol–water partition coefficient (Wildman–Crippen LogP) is 0.892. The van der Waals surface area contributed by atoms with Gasteiger partial charge in [0.05, 0.1) is 18.6 Å². The summed E-state index contributed by atoms with van der Waals surface area (Å²) in [4.78, 5) is 25.5. The zero-order valence-electron chi connectivity index (χ0n) is 14.5. The Balaban J connectivity index is 1.99. The molecule has 0 saturated heterocycles. The summed E-state index contributed by atoms with van der Waals surface area (Å²) in [5.41, 5.74) is 7.79. The summed E-state index contributed by atoms with van der Waals surface area (Å²) in [6.45, 7) is 1.96. The fourth-order valence-electron chi connectivity index (χ4n) is 2.93. The average molecular weight is 367 g/mol. The molecule has 10 heteroatoms. The van der Waals surface area contributed by atoms with Crippen LogP contribution in [0.25, 0.3) is 28.2 Å². The third-order valence-corrected chi connectivity index (χ3v) is 4.06. The van der Waals surface area contributed by atoms with E-state index in [0.717, 1.165) is 0 Å². The van der Waals surface area contributed by atoms with Crippen molar-refractivity contribution in [3.05, 3.63) is 36.2 Å².